The van der Waals surface area contributed by atoms with E-state index in [1.54, 1.807) is 0 Å². The summed E-state index contributed by atoms with van der Waals surface area (Å²) in [7, 11) is 0. The van der Waals surface area contributed by atoms with E-state index in [9.17, 15) is 5.11 Å². The highest BCUT2D eigenvalue weighted by molar-refractivity contribution is 9.12. The molecular formula is C27H23Br7O5. The molecular weight excluding hydrogens is 964 g/mol. The molecule has 1 N–H and O–H groups in total. The molecule has 0 bridgehead atoms. The van der Waals surface area contributed by atoms with Gasteiger partial charge in [-0.05, 0) is 143 Å². The van der Waals surface area contributed by atoms with Gasteiger partial charge < -0.3 is 24.1 Å². The fourth-order valence-corrected chi connectivity index (χ4v) is 9.02. The minimum atomic E-state index is -0.843. The van der Waals surface area contributed by atoms with E-state index in [1.807, 2.05) is 24.3 Å². The van der Waals surface area contributed by atoms with E-state index in [1.165, 1.54) is 0 Å². The molecule has 1 saturated heterocycles. The third kappa shape index (κ3) is 8.25. The fourth-order valence-electron chi connectivity index (χ4n) is 3.70. The number of benzene rings is 3. The van der Waals surface area contributed by atoms with Gasteiger partial charge in [-0.25, -0.2) is 0 Å². The van der Waals surface area contributed by atoms with Gasteiger partial charge in [-0.15, -0.1) is 0 Å². The summed E-state index contributed by atoms with van der Waals surface area (Å²) < 4.78 is 28.7. The number of epoxide rings is 1. The monoisotopic (exact) mass is 980 g/mol. The third-order valence-electron chi connectivity index (χ3n) is 6.06. The van der Waals surface area contributed by atoms with Gasteiger partial charge in [0.2, 0.25) is 0 Å². The predicted octanol–water partition coefficient (Wildman–Crippen LogP) is 9.95. The molecule has 12 heteroatoms. The number of rotatable bonds is 11. The summed E-state index contributed by atoms with van der Waals surface area (Å²) in [5.41, 5.74) is 1.83. The van der Waals surface area contributed by atoms with Crippen LogP contribution < -0.4 is 14.2 Å². The minimum Gasteiger partial charge on any atom is -0.488 e. The van der Waals surface area contributed by atoms with Gasteiger partial charge >= 0.3 is 0 Å². The van der Waals surface area contributed by atoms with E-state index in [4.69, 9.17) is 18.9 Å². The molecule has 3 aromatic rings. The van der Waals surface area contributed by atoms with Crippen molar-refractivity contribution >= 4 is 112 Å². The molecule has 39 heavy (non-hydrogen) atoms. The van der Waals surface area contributed by atoms with Crippen LogP contribution in [-0.2, 0) is 10.2 Å². The predicted molar refractivity (Wildman–Crippen MR) is 178 cm³/mol. The second-order valence-corrected chi connectivity index (χ2v) is 15.4. The van der Waals surface area contributed by atoms with Crippen LogP contribution in [0.5, 0.6) is 17.2 Å². The van der Waals surface area contributed by atoms with Gasteiger partial charge in [-0.3, -0.25) is 0 Å². The Morgan fingerprint density at radius 1 is 0.718 bits per heavy atom. The maximum Gasteiger partial charge on any atom is 0.147 e. The van der Waals surface area contributed by atoms with Crippen molar-refractivity contribution in [2.75, 3.05) is 26.4 Å². The molecule has 1 aliphatic rings. The summed E-state index contributed by atoms with van der Waals surface area (Å²) in [6.45, 7) is 5.72. The van der Waals surface area contributed by atoms with Crippen LogP contribution in [-0.4, -0.2) is 43.7 Å². The van der Waals surface area contributed by atoms with Crippen LogP contribution in [0.15, 0.2) is 67.7 Å². The van der Waals surface area contributed by atoms with Crippen LogP contribution in [0.25, 0.3) is 0 Å². The van der Waals surface area contributed by atoms with Crippen molar-refractivity contribution in [1.82, 2.24) is 0 Å². The topological polar surface area (TPSA) is 60.5 Å². The largest absolute Gasteiger partial charge is 0.488 e. The average Bonchev–Trinajstić information content (AvgIpc) is 3.66. The zero-order chi connectivity index (χ0) is 28.5. The van der Waals surface area contributed by atoms with E-state index >= 15 is 0 Å². The molecule has 0 amide bonds. The lowest BCUT2D eigenvalue weighted by molar-refractivity contribution is 0.0616. The van der Waals surface area contributed by atoms with Crippen LogP contribution in [0.2, 0.25) is 0 Å². The van der Waals surface area contributed by atoms with Crippen molar-refractivity contribution in [3.05, 3.63) is 78.8 Å². The zero-order valence-corrected chi connectivity index (χ0v) is 31.8. The van der Waals surface area contributed by atoms with Crippen LogP contribution in [0.3, 0.4) is 0 Å². The summed E-state index contributed by atoms with van der Waals surface area (Å²) in [5, 5.41) is 10.5. The smallest absolute Gasteiger partial charge is 0.147 e. The molecule has 4 rings (SSSR count). The molecule has 0 saturated carbocycles. The van der Waals surface area contributed by atoms with E-state index in [-0.39, 0.29) is 24.7 Å². The summed E-state index contributed by atoms with van der Waals surface area (Å²) in [6, 6.07) is 12.0. The Hall–Kier alpha value is 0.340. The van der Waals surface area contributed by atoms with Gasteiger partial charge in [0.1, 0.15) is 49.3 Å². The fraction of sp³-hybridized carbons (Fsp3) is 0.333. The summed E-state index contributed by atoms with van der Waals surface area (Å²) in [6.07, 6.45) is -0.663. The zero-order valence-electron chi connectivity index (χ0n) is 20.7. The van der Waals surface area contributed by atoms with E-state index in [2.05, 4.69) is 137 Å². The number of aliphatic hydroxyl groups excluding tert-OH is 1. The minimum absolute atomic E-state index is 0.0545. The van der Waals surface area contributed by atoms with Gasteiger partial charge in [0.05, 0.1) is 33.4 Å². The highest BCUT2D eigenvalue weighted by Gasteiger charge is 2.29. The lowest BCUT2D eigenvalue weighted by Gasteiger charge is -2.28. The molecule has 210 valence electrons. The third-order valence-corrected chi connectivity index (χ3v) is 10.1. The first-order valence-corrected chi connectivity index (χ1v) is 17.2. The Kier molecular flexibility index (Phi) is 11.4. The van der Waals surface area contributed by atoms with Crippen molar-refractivity contribution in [3.63, 3.8) is 0 Å². The molecule has 1 aliphatic heterocycles. The summed E-state index contributed by atoms with van der Waals surface area (Å²) >= 11 is 25.1. The maximum atomic E-state index is 10.5. The number of aliphatic hydroxyl groups is 1. The standard InChI is InChI=1S/C27H23Br7O5/c1-27(2,14-5-20(31)25(21(32)6-14)39-12-17-11-36-17)13-3-18(29)24(19(30)4-13)37-9-16(35)10-38-26-22(33)7-15(28)8-23(26)34/h3-8,16-17,35H,9-12H2,1-2H3. The number of hydrogen-bond donors (Lipinski definition) is 1. The van der Waals surface area contributed by atoms with Crippen LogP contribution >= 0.6 is 112 Å². The Labute approximate surface area is 286 Å². The lowest BCUT2D eigenvalue weighted by atomic mass is 9.78. The quantitative estimate of drug-likeness (QED) is 0.194. The van der Waals surface area contributed by atoms with Gasteiger partial charge in [0.15, 0.2) is 0 Å². The lowest BCUT2D eigenvalue weighted by Crippen LogP contribution is -2.25. The highest BCUT2D eigenvalue weighted by atomic mass is 79.9. The Morgan fingerprint density at radius 3 is 1.46 bits per heavy atom. The van der Waals surface area contributed by atoms with Crippen molar-refractivity contribution in [2.24, 2.45) is 0 Å². The normalized spacial score (nSPS) is 15.7. The highest BCUT2D eigenvalue weighted by Crippen LogP contribution is 2.44. The van der Waals surface area contributed by atoms with Crippen LogP contribution in [0, 0.1) is 0 Å². The summed E-state index contributed by atoms with van der Waals surface area (Å²) in [4.78, 5) is 0. The Balaban J connectivity index is 1.44. The van der Waals surface area contributed by atoms with E-state index in [0.717, 1.165) is 54.8 Å². The Bertz CT molecular complexity index is 1290. The molecule has 1 heterocycles. The molecule has 1 fully saturated rings. The molecule has 2 atom stereocenters. The maximum absolute atomic E-state index is 10.5. The SMILES string of the molecule is CC(C)(c1cc(Br)c(OCC(O)COc2c(Br)cc(Br)cc2Br)c(Br)c1)c1cc(Br)c(OCC2CO2)c(Br)c1. The number of ether oxygens (including phenoxy) is 4. The first-order chi connectivity index (χ1) is 18.4. The van der Waals surface area contributed by atoms with Gasteiger partial charge in [-0.1, -0.05) is 29.8 Å². The molecule has 3 aromatic carbocycles. The second-order valence-electron chi connectivity index (χ2n) is 9.40. The van der Waals surface area contributed by atoms with Crippen molar-refractivity contribution in [3.8, 4) is 17.2 Å². The second kappa shape index (κ2) is 13.8. The van der Waals surface area contributed by atoms with Crippen molar-refractivity contribution in [2.45, 2.75) is 31.5 Å². The molecule has 5 nitrogen and oxygen atoms in total. The van der Waals surface area contributed by atoms with Gasteiger partial charge in [0, 0.05) is 9.89 Å². The van der Waals surface area contributed by atoms with Gasteiger partial charge in [0.25, 0.3) is 0 Å². The molecule has 0 aromatic heterocycles. The molecule has 0 aliphatic carbocycles. The molecule has 2 unspecified atom stereocenters. The van der Waals surface area contributed by atoms with E-state index in [0.29, 0.717) is 18.1 Å². The average molecular weight is 987 g/mol. The first kappa shape index (κ1) is 32.3. The van der Waals surface area contributed by atoms with Crippen LogP contribution in [0.4, 0.5) is 0 Å². The number of hydrogen-bond acceptors (Lipinski definition) is 5. The van der Waals surface area contributed by atoms with Crippen LogP contribution in [0.1, 0.15) is 25.0 Å². The molecule has 0 spiro atoms. The Morgan fingerprint density at radius 2 is 1.08 bits per heavy atom. The van der Waals surface area contributed by atoms with Crippen molar-refractivity contribution in [1.29, 1.82) is 0 Å². The molecule has 0 radical (unpaired) electrons. The van der Waals surface area contributed by atoms with E-state index < -0.39 is 6.10 Å². The van der Waals surface area contributed by atoms with Gasteiger partial charge in [-0.2, -0.15) is 0 Å². The summed E-state index contributed by atoms with van der Waals surface area (Å²) in [5.74, 6) is 1.98. The number of halogens is 7. The van der Waals surface area contributed by atoms with Crippen molar-refractivity contribution < 1.29 is 24.1 Å². The first-order valence-electron chi connectivity index (χ1n) is 11.7.